The number of aryl methyl sites for hydroxylation is 1. The molecule has 0 fully saturated rings. The third kappa shape index (κ3) is 4.13. The van der Waals surface area contributed by atoms with E-state index in [-0.39, 0.29) is 18.3 Å². The molecule has 6 heteroatoms. The van der Waals surface area contributed by atoms with Crippen molar-refractivity contribution >= 4 is 28.9 Å². The van der Waals surface area contributed by atoms with Gasteiger partial charge in [-0.15, -0.1) is 11.3 Å². The first-order chi connectivity index (χ1) is 10.1. The van der Waals surface area contributed by atoms with Gasteiger partial charge in [0.05, 0.1) is 18.7 Å². The van der Waals surface area contributed by atoms with E-state index >= 15 is 0 Å². The summed E-state index contributed by atoms with van der Waals surface area (Å²) in [4.78, 5) is 28.4. The molecule has 0 unspecified atom stereocenters. The van der Waals surface area contributed by atoms with Crippen LogP contribution in [0, 0.1) is 6.92 Å². The molecule has 0 spiro atoms. The number of hydrogen-bond acceptors (Lipinski definition) is 5. The molecule has 1 heterocycles. The molecular weight excluding hydrogens is 288 g/mol. The topological polar surface area (TPSA) is 68.3 Å². The standard InChI is InChI=1S/C15H16N2O3S/c1-3-20-15(19)14-10(2)16-13(21-14)9-12(18)17-11-7-5-4-6-8-11/h4-8H,3,9H2,1-2H3,(H,17,18). The van der Waals surface area contributed by atoms with E-state index in [1.807, 2.05) is 30.3 Å². The maximum absolute atomic E-state index is 11.9. The van der Waals surface area contributed by atoms with Crippen LogP contribution < -0.4 is 5.32 Å². The number of benzene rings is 1. The summed E-state index contributed by atoms with van der Waals surface area (Å²) in [6.45, 7) is 3.81. The number of nitrogens with one attached hydrogen (secondary N) is 1. The van der Waals surface area contributed by atoms with Gasteiger partial charge in [-0.2, -0.15) is 0 Å². The Hall–Kier alpha value is -2.21. The second-order valence-corrected chi connectivity index (χ2v) is 5.42. The van der Waals surface area contributed by atoms with Gasteiger partial charge in [-0.05, 0) is 26.0 Å². The number of carbonyl (C=O) groups is 2. The highest BCUT2D eigenvalue weighted by Crippen LogP contribution is 2.20. The fraction of sp³-hybridized carbons (Fsp3) is 0.267. The Labute approximate surface area is 127 Å². The number of esters is 1. The van der Waals surface area contributed by atoms with Gasteiger partial charge in [-0.1, -0.05) is 18.2 Å². The first-order valence-electron chi connectivity index (χ1n) is 6.58. The Morgan fingerprint density at radius 2 is 2.00 bits per heavy atom. The summed E-state index contributed by atoms with van der Waals surface area (Å²) in [5.41, 5.74) is 1.34. The Balaban J connectivity index is 2.01. The maximum atomic E-state index is 11.9. The summed E-state index contributed by atoms with van der Waals surface area (Å²) in [6, 6.07) is 9.21. The molecule has 0 radical (unpaired) electrons. The molecule has 0 atom stereocenters. The molecule has 110 valence electrons. The van der Waals surface area contributed by atoms with Crippen LogP contribution >= 0.6 is 11.3 Å². The van der Waals surface area contributed by atoms with Crippen molar-refractivity contribution in [2.24, 2.45) is 0 Å². The Kier molecular flexibility index (Phi) is 5.05. The van der Waals surface area contributed by atoms with Crippen LogP contribution in [0.3, 0.4) is 0 Å². The van der Waals surface area contributed by atoms with Crippen LogP contribution in [0.5, 0.6) is 0 Å². The number of rotatable bonds is 5. The highest BCUT2D eigenvalue weighted by Gasteiger charge is 2.17. The largest absolute Gasteiger partial charge is 0.462 e. The molecule has 0 saturated carbocycles. The lowest BCUT2D eigenvalue weighted by molar-refractivity contribution is -0.115. The Bertz CT molecular complexity index is 638. The zero-order valence-corrected chi connectivity index (χ0v) is 12.7. The third-order valence-corrected chi connectivity index (χ3v) is 3.81. The Morgan fingerprint density at radius 1 is 1.29 bits per heavy atom. The predicted octanol–water partition coefficient (Wildman–Crippen LogP) is 2.81. The summed E-state index contributed by atoms with van der Waals surface area (Å²) in [7, 11) is 0. The van der Waals surface area contributed by atoms with Gasteiger partial charge in [-0.3, -0.25) is 4.79 Å². The van der Waals surface area contributed by atoms with E-state index < -0.39 is 0 Å². The second-order valence-electron chi connectivity index (χ2n) is 4.33. The predicted molar refractivity (Wildman–Crippen MR) is 81.6 cm³/mol. The van der Waals surface area contributed by atoms with E-state index in [0.717, 1.165) is 5.69 Å². The van der Waals surface area contributed by atoms with E-state index in [1.165, 1.54) is 11.3 Å². The van der Waals surface area contributed by atoms with Crippen LogP contribution in [0.15, 0.2) is 30.3 Å². The van der Waals surface area contributed by atoms with E-state index in [9.17, 15) is 9.59 Å². The number of thiazole rings is 1. The molecule has 1 N–H and O–H groups in total. The van der Waals surface area contributed by atoms with Crippen molar-refractivity contribution in [2.75, 3.05) is 11.9 Å². The number of ether oxygens (including phenoxy) is 1. The van der Waals surface area contributed by atoms with Crippen LogP contribution in [0.2, 0.25) is 0 Å². The second kappa shape index (κ2) is 6.99. The molecule has 1 aromatic carbocycles. The number of anilines is 1. The average molecular weight is 304 g/mol. The monoisotopic (exact) mass is 304 g/mol. The highest BCUT2D eigenvalue weighted by atomic mass is 32.1. The van der Waals surface area contributed by atoms with Gasteiger partial charge in [0.2, 0.25) is 5.91 Å². The summed E-state index contributed by atoms with van der Waals surface area (Å²) in [5, 5.41) is 3.39. The molecule has 0 saturated heterocycles. The molecule has 21 heavy (non-hydrogen) atoms. The smallest absolute Gasteiger partial charge is 0.350 e. The van der Waals surface area contributed by atoms with Gasteiger partial charge in [0, 0.05) is 5.69 Å². The number of nitrogens with zero attached hydrogens (tertiary/aromatic N) is 1. The van der Waals surface area contributed by atoms with Crippen molar-refractivity contribution in [3.8, 4) is 0 Å². The van der Waals surface area contributed by atoms with Gasteiger partial charge in [0.1, 0.15) is 9.88 Å². The number of aromatic nitrogens is 1. The minimum Gasteiger partial charge on any atom is -0.462 e. The fourth-order valence-corrected chi connectivity index (χ4v) is 2.74. The van der Waals surface area contributed by atoms with Gasteiger partial charge in [0.25, 0.3) is 0 Å². The van der Waals surface area contributed by atoms with Gasteiger partial charge < -0.3 is 10.1 Å². The molecule has 1 aromatic heterocycles. The van der Waals surface area contributed by atoms with Crippen molar-refractivity contribution in [3.05, 3.63) is 45.9 Å². The van der Waals surface area contributed by atoms with E-state index in [1.54, 1.807) is 13.8 Å². The van der Waals surface area contributed by atoms with Crippen molar-refractivity contribution in [2.45, 2.75) is 20.3 Å². The first kappa shape index (κ1) is 15.2. The molecule has 0 aliphatic heterocycles. The highest BCUT2D eigenvalue weighted by molar-refractivity contribution is 7.13. The molecule has 0 bridgehead atoms. The molecule has 2 rings (SSSR count). The van der Waals surface area contributed by atoms with Crippen molar-refractivity contribution in [1.29, 1.82) is 0 Å². The van der Waals surface area contributed by atoms with Gasteiger partial charge in [-0.25, -0.2) is 9.78 Å². The van der Waals surface area contributed by atoms with Gasteiger partial charge >= 0.3 is 5.97 Å². The number of hydrogen-bond donors (Lipinski definition) is 1. The van der Waals surface area contributed by atoms with Gasteiger partial charge in [0.15, 0.2) is 0 Å². The van der Waals surface area contributed by atoms with Crippen LogP contribution in [-0.2, 0) is 16.0 Å². The van der Waals surface area contributed by atoms with Crippen LogP contribution in [0.4, 0.5) is 5.69 Å². The van der Waals surface area contributed by atoms with Crippen LogP contribution in [-0.4, -0.2) is 23.5 Å². The summed E-state index contributed by atoms with van der Waals surface area (Å²) >= 11 is 1.20. The van der Waals surface area contributed by atoms with E-state index in [4.69, 9.17) is 4.74 Å². The van der Waals surface area contributed by atoms with Crippen molar-refractivity contribution < 1.29 is 14.3 Å². The quantitative estimate of drug-likeness (QED) is 0.862. The molecular formula is C15H16N2O3S. The van der Waals surface area contributed by atoms with Crippen molar-refractivity contribution in [1.82, 2.24) is 4.98 Å². The molecule has 0 aliphatic rings. The first-order valence-corrected chi connectivity index (χ1v) is 7.40. The zero-order chi connectivity index (χ0) is 15.2. The minimum absolute atomic E-state index is 0.139. The number of amides is 1. The normalized spacial score (nSPS) is 10.2. The lowest BCUT2D eigenvalue weighted by atomic mass is 10.3. The fourth-order valence-electron chi connectivity index (χ4n) is 1.78. The van der Waals surface area contributed by atoms with E-state index in [2.05, 4.69) is 10.3 Å². The van der Waals surface area contributed by atoms with Crippen LogP contribution in [0.25, 0.3) is 0 Å². The molecule has 1 amide bonds. The molecule has 5 nitrogen and oxygen atoms in total. The molecule has 0 aliphatic carbocycles. The van der Waals surface area contributed by atoms with Crippen LogP contribution in [0.1, 0.15) is 27.3 Å². The summed E-state index contributed by atoms with van der Waals surface area (Å²) in [5.74, 6) is -0.549. The average Bonchev–Trinajstić information content (AvgIpc) is 2.80. The zero-order valence-electron chi connectivity index (χ0n) is 11.9. The number of carbonyl (C=O) groups excluding carboxylic acids is 2. The summed E-state index contributed by atoms with van der Waals surface area (Å²) < 4.78 is 4.95. The van der Waals surface area contributed by atoms with E-state index in [0.29, 0.717) is 22.2 Å². The summed E-state index contributed by atoms with van der Waals surface area (Å²) in [6.07, 6.45) is 0.139. The lowest BCUT2D eigenvalue weighted by Crippen LogP contribution is -2.14. The lowest BCUT2D eigenvalue weighted by Gasteiger charge is -2.02. The maximum Gasteiger partial charge on any atom is 0.350 e. The molecule has 2 aromatic rings. The Morgan fingerprint density at radius 3 is 2.67 bits per heavy atom. The van der Waals surface area contributed by atoms with Crippen molar-refractivity contribution in [3.63, 3.8) is 0 Å². The third-order valence-electron chi connectivity index (χ3n) is 2.67. The number of para-hydroxylation sites is 1. The SMILES string of the molecule is CCOC(=O)c1sc(CC(=O)Nc2ccccc2)nc1C. The minimum atomic E-state index is -0.387.